The first-order chi connectivity index (χ1) is 9.37. The van der Waals surface area contributed by atoms with Gasteiger partial charge < -0.3 is 14.8 Å². The second-order valence-corrected chi connectivity index (χ2v) is 4.94. The van der Waals surface area contributed by atoms with Gasteiger partial charge in [-0.25, -0.2) is 0 Å². The Kier molecular flexibility index (Phi) is 6.61. The highest BCUT2D eigenvalue weighted by Crippen LogP contribution is 2.37. The summed E-state index contributed by atoms with van der Waals surface area (Å²) in [5.41, 5.74) is 0.950. The molecular weight excluding hydrogens is 339 g/mol. The molecule has 20 heavy (non-hydrogen) atoms. The van der Waals surface area contributed by atoms with Crippen molar-refractivity contribution in [3.63, 3.8) is 0 Å². The molecule has 1 N–H and O–H groups in total. The maximum atomic E-state index is 12.1. The molecule has 0 unspecified atom stereocenters. The zero-order chi connectivity index (χ0) is 15.2. The number of halogens is 4. The highest BCUT2D eigenvalue weighted by molar-refractivity contribution is 9.10. The average molecular weight is 356 g/mol. The number of hydrogen-bond acceptors (Lipinski definition) is 3. The summed E-state index contributed by atoms with van der Waals surface area (Å²) in [5, 5.41) is 3.00. The molecule has 7 heteroatoms. The van der Waals surface area contributed by atoms with Gasteiger partial charge in [0.25, 0.3) is 0 Å². The Balaban J connectivity index is 2.87. The van der Waals surface area contributed by atoms with Gasteiger partial charge in [0.1, 0.15) is 0 Å². The minimum atomic E-state index is -4.23. The van der Waals surface area contributed by atoms with Crippen LogP contribution in [0, 0.1) is 0 Å². The number of hydrogen-bond donors (Lipinski definition) is 1. The largest absolute Gasteiger partial charge is 0.490 e. The van der Waals surface area contributed by atoms with Crippen LogP contribution in [0.15, 0.2) is 16.6 Å². The van der Waals surface area contributed by atoms with Gasteiger partial charge in [0, 0.05) is 6.54 Å². The third-order valence-corrected chi connectivity index (χ3v) is 2.97. The fourth-order valence-electron chi connectivity index (χ4n) is 1.60. The third kappa shape index (κ3) is 5.58. The molecule has 1 aromatic rings. The molecule has 0 aliphatic heterocycles. The van der Waals surface area contributed by atoms with Crippen molar-refractivity contribution >= 4 is 15.9 Å². The first-order valence-corrected chi connectivity index (χ1v) is 6.96. The Morgan fingerprint density at radius 1 is 1.25 bits per heavy atom. The van der Waals surface area contributed by atoms with Crippen molar-refractivity contribution in [2.45, 2.75) is 26.1 Å². The molecule has 114 valence electrons. The fraction of sp³-hybridized carbons (Fsp3) is 0.538. The lowest BCUT2D eigenvalue weighted by atomic mass is 10.2. The Labute approximate surface area is 124 Å². The normalized spacial score (nSPS) is 11.5. The molecule has 0 aliphatic rings. The summed E-state index contributed by atoms with van der Waals surface area (Å²) in [6, 6.07) is 3.55. The lowest BCUT2D eigenvalue weighted by molar-refractivity contribution is -0.139. The summed E-state index contributed by atoms with van der Waals surface area (Å²) in [4.78, 5) is 0. The third-order valence-electron chi connectivity index (χ3n) is 2.38. The summed E-state index contributed by atoms with van der Waals surface area (Å²) >= 11 is 3.30. The second-order valence-electron chi connectivity index (χ2n) is 4.08. The zero-order valence-electron chi connectivity index (χ0n) is 11.3. The number of benzene rings is 1. The number of alkyl halides is 3. The summed E-state index contributed by atoms with van der Waals surface area (Å²) in [6.45, 7) is 2.40. The smallest absolute Gasteiger partial charge is 0.392 e. The van der Waals surface area contributed by atoms with Gasteiger partial charge in [-0.05, 0) is 47.6 Å². The van der Waals surface area contributed by atoms with Gasteiger partial charge >= 0.3 is 6.18 Å². The summed E-state index contributed by atoms with van der Waals surface area (Å²) in [5.74, 6) is 0.741. The molecule has 1 rings (SSSR count). The molecule has 0 atom stereocenters. The van der Waals surface area contributed by atoms with Gasteiger partial charge in [-0.3, -0.25) is 0 Å². The fourth-order valence-corrected chi connectivity index (χ4v) is 2.20. The van der Waals surface area contributed by atoms with Gasteiger partial charge in [0.2, 0.25) is 0 Å². The van der Waals surface area contributed by atoms with Crippen molar-refractivity contribution in [1.29, 1.82) is 0 Å². The van der Waals surface area contributed by atoms with Crippen LogP contribution >= 0.6 is 15.9 Å². The van der Waals surface area contributed by atoms with Crippen LogP contribution in [0.25, 0.3) is 0 Å². The van der Waals surface area contributed by atoms with Crippen LogP contribution in [0.4, 0.5) is 13.2 Å². The number of rotatable bonds is 7. The van der Waals surface area contributed by atoms with E-state index in [0.29, 0.717) is 29.1 Å². The van der Waals surface area contributed by atoms with Gasteiger partial charge in [0.05, 0.1) is 24.1 Å². The minimum absolute atomic E-state index is 0.302. The summed E-state index contributed by atoms with van der Waals surface area (Å²) in [6.07, 6.45) is -5.23. The maximum absolute atomic E-state index is 12.1. The van der Waals surface area contributed by atoms with Gasteiger partial charge in [0.15, 0.2) is 11.5 Å². The first-order valence-electron chi connectivity index (χ1n) is 6.16. The molecule has 3 nitrogen and oxygen atoms in total. The van der Waals surface area contributed by atoms with E-state index in [1.807, 2.05) is 7.05 Å². The van der Waals surface area contributed by atoms with Gasteiger partial charge in [-0.1, -0.05) is 0 Å². The van der Waals surface area contributed by atoms with E-state index >= 15 is 0 Å². The molecule has 0 bridgehead atoms. The maximum Gasteiger partial charge on any atom is 0.392 e. The van der Waals surface area contributed by atoms with Crippen LogP contribution in [0.3, 0.4) is 0 Å². The van der Waals surface area contributed by atoms with Crippen LogP contribution in [0.5, 0.6) is 11.5 Å². The van der Waals surface area contributed by atoms with E-state index in [1.165, 1.54) is 0 Å². The van der Waals surface area contributed by atoms with Gasteiger partial charge in [-0.2, -0.15) is 13.2 Å². The minimum Gasteiger partial charge on any atom is -0.490 e. The zero-order valence-corrected chi connectivity index (χ0v) is 12.9. The molecule has 1 aromatic carbocycles. The van der Waals surface area contributed by atoms with Crippen molar-refractivity contribution in [2.75, 3.05) is 20.3 Å². The average Bonchev–Trinajstić information content (AvgIpc) is 2.32. The van der Waals surface area contributed by atoms with Gasteiger partial charge in [-0.15, -0.1) is 0 Å². The molecule has 0 radical (unpaired) electrons. The van der Waals surface area contributed by atoms with E-state index in [9.17, 15) is 13.2 Å². The second kappa shape index (κ2) is 7.73. The van der Waals surface area contributed by atoms with E-state index in [-0.39, 0.29) is 0 Å². The Morgan fingerprint density at radius 2 is 1.95 bits per heavy atom. The molecule has 0 saturated carbocycles. The molecule has 0 spiro atoms. The van der Waals surface area contributed by atoms with E-state index in [4.69, 9.17) is 9.47 Å². The molecule has 0 fully saturated rings. The number of ether oxygens (including phenoxy) is 2. The molecular formula is C13H17BrF3NO2. The molecule has 0 amide bonds. The predicted octanol–water partition coefficient (Wildman–Crippen LogP) is 3.90. The lowest BCUT2D eigenvalue weighted by Crippen LogP contribution is -2.14. The van der Waals surface area contributed by atoms with Crippen LogP contribution in [0.2, 0.25) is 0 Å². The van der Waals surface area contributed by atoms with Crippen LogP contribution in [0.1, 0.15) is 18.9 Å². The highest BCUT2D eigenvalue weighted by Gasteiger charge is 2.27. The quantitative estimate of drug-likeness (QED) is 0.804. The van der Waals surface area contributed by atoms with E-state index in [0.717, 1.165) is 5.56 Å². The van der Waals surface area contributed by atoms with Crippen molar-refractivity contribution in [3.8, 4) is 11.5 Å². The first kappa shape index (κ1) is 17.1. The SMILES string of the molecule is CCOc1cc(CNC)cc(Br)c1OCCC(F)(F)F. The summed E-state index contributed by atoms with van der Waals surface area (Å²) < 4.78 is 47.6. The van der Waals surface area contributed by atoms with Crippen molar-refractivity contribution < 1.29 is 22.6 Å². The standard InChI is InChI=1S/C13H17BrF3NO2/c1-3-19-11-7-9(8-18-2)6-10(14)12(11)20-5-4-13(15,16)17/h6-7,18H,3-5,8H2,1-2H3. The monoisotopic (exact) mass is 355 g/mol. The topological polar surface area (TPSA) is 30.5 Å². The van der Waals surface area contributed by atoms with Crippen molar-refractivity contribution in [3.05, 3.63) is 22.2 Å². The van der Waals surface area contributed by atoms with Crippen molar-refractivity contribution in [1.82, 2.24) is 5.32 Å². The van der Waals surface area contributed by atoms with E-state index in [2.05, 4.69) is 21.2 Å². The Hall–Kier alpha value is -0.950. The lowest BCUT2D eigenvalue weighted by Gasteiger charge is -2.16. The number of nitrogens with one attached hydrogen (secondary N) is 1. The molecule has 0 aliphatic carbocycles. The highest BCUT2D eigenvalue weighted by atomic mass is 79.9. The Morgan fingerprint density at radius 3 is 2.50 bits per heavy atom. The van der Waals surface area contributed by atoms with Crippen LogP contribution in [-0.4, -0.2) is 26.4 Å². The van der Waals surface area contributed by atoms with E-state index < -0.39 is 19.2 Å². The van der Waals surface area contributed by atoms with E-state index in [1.54, 1.807) is 19.1 Å². The van der Waals surface area contributed by atoms with Crippen LogP contribution in [-0.2, 0) is 6.54 Å². The van der Waals surface area contributed by atoms with Crippen molar-refractivity contribution in [2.24, 2.45) is 0 Å². The van der Waals surface area contributed by atoms with Crippen LogP contribution < -0.4 is 14.8 Å². The summed E-state index contributed by atoms with van der Waals surface area (Å²) in [7, 11) is 1.81. The Bertz CT molecular complexity index is 438. The molecule has 0 aromatic heterocycles. The predicted molar refractivity (Wildman–Crippen MR) is 74.2 cm³/mol. The molecule has 0 saturated heterocycles. The molecule has 0 heterocycles.